The van der Waals surface area contributed by atoms with Gasteiger partial charge in [-0.25, -0.2) is 0 Å². The molecule has 0 fully saturated rings. The summed E-state index contributed by atoms with van der Waals surface area (Å²) < 4.78 is 0. The van der Waals surface area contributed by atoms with E-state index >= 15 is 0 Å². The molecule has 0 saturated heterocycles. The minimum atomic E-state index is 0.170. The number of hydrogen-bond acceptors (Lipinski definition) is 5. The SMILES string of the molecule is CCC(N)C(C)NC(CC)C(C)NC(CC)C(C)NC(CC)C(C)N. The number of nitrogens with two attached hydrogens (primary N) is 2. The van der Waals surface area contributed by atoms with E-state index in [-0.39, 0.29) is 12.1 Å². The van der Waals surface area contributed by atoms with Gasteiger partial charge in [-0.05, 0) is 53.4 Å². The first kappa shape index (κ1) is 24.8. The Morgan fingerprint density at radius 3 is 1.24 bits per heavy atom. The average Bonchev–Trinajstić information content (AvgIpc) is 2.59. The summed E-state index contributed by atoms with van der Waals surface area (Å²) >= 11 is 0. The van der Waals surface area contributed by atoms with E-state index in [0.717, 1.165) is 25.7 Å². The third kappa shape index (κ3) is 8.83. The van der Waals surface area contributed by atoms with Crippen LogP contribution in [-0.4, -0.2) is 48.3 Å². The molecule has 0 aliphatic heterocycles. The van der Waals surface area contributed by atoms with Gasteiger partial charge in [-0.2, -0.15) is 0 Å². The van der Waals surface area contributed by atoms with Crippen LogP contribution in [0.5, 0.6) is 0 Å². The van der Waals surface area contributed by atoms with E-state index in [9.17, 15) is 0 Å². The molecule has 0 bridgehead atoms. The minimum absolute atomic E-state index is 0.170. The molecule has 25 heavy (non-hydrogen) atoms. The molecule has 0 spiro atoms. The predicted octanol–water partition coefficient (Wildman–Crippen LogP) is 2.34. The summed E-state index contributed by atoms with van der Waals surface area (Å²) in [7, 11) is 0. The largest absolute Gasteiger partial charge is 0.327 e. The summed E-state index contributed by atoms with van der Waals surface area (Å²) in [6, 6.07) is 2.69. The van der Waals surface area contributed by atoms with Gasteiger partial charge in [-0.3, -0.25) is 0 Å². The molecule has 0 aromatic carbocycles. The van der Waals surface area contributed by atoms with Crippen molar-refractivity contribution in [3.63, 3.8) is 0 Å². The molecule has 152 valence electrons. The monoisotopic (exact) mass is 357 g/mol. The summed E-state index contributed by atoms with van der Waals surface area (Å²) in [6.45, 7) is 17.7. The Bertz CT molecular complexity index is 323. The summed E-state index contributed by atoms with van der Waals surface area (Å²) in [5, 5.41) is 11.3. The molecule has 0 rings (SSSR count). The molecule has 8 atom stereocenters. The molecule has 0 aliphatic carbocycles. The summed E-state index contributed by atoms with van der Waals surface area (Å²) in [5.74, 6) is 0. The Morgan fingerprint density at radius 1 is 0.560 bits per heavy atom. The normalized spacial score (nSPS) is 21.8. The predicted molar refractivity (Wildman–Crippen MR) is 112 cm³/mol. The van der Waals surface area contributed by atoms with Crippen molar-refractivity contribution in [3.8, 4) is 0 Å². The Labute approximate surface area is 157 Å². The smallest absolute Gasteiger partial charge is 0.0219 e. The molecule has 0 aromatic heterocycles. The highest BCUT2D eigenvalue weighted by molar-refractivity contribution is 4.90. The van der Waals surface area contributed by atoms with Gasteiger partial charge in [-0.1, -0.05) is 27.7 Å². The lowest BCUT2D eigenvalue weighted by molar-refractivity contribution is 0.262. The standard InChI is InChI=1S/C20H47N5/c1-9-17(22)14(6)23-19(11-3)16(8)25-20(12-4)15(7)24-18(10-2)13(5)21/h13-20,23-25H,9-12,21-22H2,1-8H3. The van der Waals surface area contributed by atoms with Crippen molar-refractivity contribution in [2.45, 2.75) is 129 Å². The van der Waals surface area contributed by atoms with Crippen LogP contribution in [0.25, 0.3) is 0 Å². The van der Waals surface area contributed by atoms with Crippen LogP contribution in [0.15, 0.2) is 0 Å². The molecule has 0 heterocycles. The van der Waals surface area contributed by atoms with Crippen LogP contribution in [0, 0.1) is 0 Å². The zero-order valence-electron chi connectivity index (χ0n) is 18.1. The van der Waals surface area contributed by atoms with Crippen LogP contribution in [0.4, 0.5) is 0 Å². The zero-order chi connectivity index (χ0) is 19.6. The fourth-order valence-electron chi connectivity index (χ4n) is 3.60. The molecule has 0 saturated carbocycles. The zero-order valence-corrected chi connectivity index (χ0v) is 18.1. The Hall–Kier alpha value is -0.200. The van der Waals surface area contributed by atoms with Crippen LogP contribution in [0.1, 0.15) is 81.1 Å². The van der Waals surface area contributed by atoms with Crippen molar-refractivity contribution in [3.05, 3.63) is 0 Å². The van der Waals surface area contributed by atoms with Gasteiger partial charge in [-0.15, -0.1) is 0 Å². The molecule has 8 unspecified atom stereocenters. The number of hydrogen-bond donors (Lipinski definition) is 5. The number of nitrogens with one attached hydrogen (secondary N) is 3. The van der Waals surface area contributed by atoms with Gasteiger partial charge in [0.1, 0.15) is 0 Å². The van der Waals surface area contributed by atoms with E-state index in [1.54, 1.807) is 0 Å². The second-order valence-electron chi connectivity index (χ2n) is 7.84. The third-order valence-corrected chi connectivity index (χ3v) is 5.71. The second kappa shape index (κ2) is 13.0. The lowest BCUT2D eigenvalue weighted by Gasteiger charge is -2.36. The van der Waals surface area contributed by atoms with Gasteiger partial charge in [0.25, 0.3) is 0 Å². The van der Waals surface area contributed by atoms with Gasteiger partial charge >= 0.3 is 0 Å². The van der Waals surface area contributed by atoms with Crippen molar-refractivity contribution in [1.82, 2.24) is 16.0 Å². The first-order valence-electron chi connectivity index (χ1n) is 10.5. The summed E-state index contributed by atoms with van der Waals surface area (Å²) in [5.41, 5.74) is 12.3. The molecular formula is C20H47N5. The maximum Gasteiger partial charge on any atom is 0.0219 e. The van der Waals surface area contributed by atoms with Crippen molar-refractivity contribution in [1.29, 1.82) is 0 Å². The van der Waals surface area contributed by atoms with E-state index in [2.05, 4.69) is 71.3 Å². The topological polar surface area (TPSA) is 88.1 Å². The molecule has 0 aromatic rings. The molecule has 7 N–H and O–H groups in total. The maximum atomic E-state index is 6.19. The maximum absolute atomic E-state index is 6.19. The second-order valence-corrected chi connectivity index (χ2v) is 7.84. The van der Waals surface area contributed by atoms with Crippen molar-refractivity contribution in [2.24, 2.45) is 11.5 Å². The van der Waals surface area contributed by atoms with Gasteiger partial charge in [0.05, 0.1) is 0 Å². The molecule has 0 radical (unpaired) electrons. The quantitative estimate of drug-likeness (QED) is 0.329. The van der Waals surface area contributed by atoms with Crippen LogP contribution in [0.2, 0.25) is 0 Å². The van der Waals surface area contributed by atoms with Crippen LogP contribution in [0.3, 0.4) is 0 Å². The molecule has 5 nitrogen and oxygen atoms in total. The van der Waals surface area contributed by atoms with E-state index in [1.807, 2.05) is 0 Å². The van der Waals surface area contributed by atoms with Crippen molar-refractivity contribution >= 4 is 0 Å². The van der Waals surface area contributed by atoms with Crippen LogP contribution in [-0.2, 0) is 0 Å². The van der Waals surface area contributed by atoms with E-state index in [4.69, 9.17) is 11.5 Å². The Kier molecular flexibility index (Phi) is 12.9. The lowest BCUT2D eigenvalue weighted by atomic mass is 9.98. The number of rotatable bonds is 14. The summed E-state index contributed by atoms with van der Waals surface area (Å²) in [4.78, 5) is 0. The highest BCUT2D eigenvalue weighted by atomic mass is 15.1. The average molecular weight is 358 g/mol. The Balaban J connectivity index is 4.74. The van der Waals surface area contributed by atoms with Crippen molar-refractivity contribution in [2.75, 3.05) is 0 Å². The van der Waals surface area contributed by atoms with Crippen LogP contribution < -0.4 is 27.4 Å². The highest BCUT2D eigenvalue weighted by Crippen LogP contribution is 2.09. The fraction of sp³-hybridized carbons (Fsp3) is 1.00. The minimum Gasteiger partial charge on any atom is -0.327 e. The molecular weight excluding hydrogens is 310 g/mol. The van der Waals surface area contributed by atoms with Gasteiger partial charge in [0.15, 0.2) is 0 Å². The fourth-order valence-corrected chi connectivity index (χ4v) is 3.60. The first-order valence-corrected chi connectivity index (χ1v) is 10.5. The van der Waals surface area contributed by atoms with E-state index in [0.29, 0.717) is 36.3 Å². The van der Waals surface area contributed by atoms with Crippen molar-refractivity contribution < 1.29 is 0 Å². The van der Waals surface area contributed by atoms with Crippen LogP contribution >= 0.6 is 0 Å². The van der Waals surface area contributed by atoms with E-state index < -0.39 is 0 Å². The Morgan fingerprint density at radius 2 is 0.920 bits per heavy atom. The summed E-state index contributed by atoms with van der Waals surface area (Å²) in [6.07, 6.45) is 4.24. The third-order valence-electron chi connectivity index (χ3n) is 5.71. The van der Waals surface area contributed by atoms with Gasteiger partial charge < -0.3 is 27.4 Å². The lowest BCUT2D eigenvalue weighted by Crippen LogP contribution is -2.59. The molecule has 5 heteroatoms. The van der Waals surface area contributed by atoms with Gasteiger partial charge in [0, 0.05) is 48.3 Å². The first-order chi connectivity index (χ1) is 11.7. The highest BCUT2D eigenvalue weighted by Gasteiger charge is 2.25. The van der Waals surface area contributed by atoms with Gasteiger partial charge in [0.2, 0.25) is 0 Å². The molecule has 0 amide bonds. The van der Waals surface area contributed by atoms with E-state index in [1.165, 1.54) is 0 Å². The molecule has 0 aliphatic rings.